The fraction of sp³-hybridized carbons (Fsp3) is 0.318. The van der Waals surface area contributed by atoms with Gasteiger partial charge in [0.15, 0.2) is 5.88 Å². The van der Waals surface area contributed by atoms with E-state index in [4.69, 9.17) is 9.47 Å². The molecule has 1 aliphatic carbocycles. The van der Waals surface area contributed by atoms with Gasteiger partial charge in [0, 0.05) is 22.2 Å². The average Bonchev–Trinajstić information content (AvgIpc) is 3.11. The number of thioether (sulfide) groups is 1. The highest BCUT2D eigenvalue weighted by Crippen LogP contribution is 2.49. The monoisotopic (exact) mass is 365 g/mol. The number of hydrogen-bond donors (Lipinski definition) is 0. The number of hydrogen-bond acceptors (Lipinski definition) is 4. The second kappa shape index (κ2) is 7.28. The number of anilines is 1. The molecule has 2 aromatic carbocycles. The molecule has 0 saturated carbocycles. The molecule has 0 amide bonds. The van der Waals surface area contributed by atoms with Gasteiger partial charge in [0.25, 0.3) is 0 Å². The molecule has 4 heteroatoms. The number of allylic oxidation sites excluding steroid dienone is 2. The van der Waals surface area contributed by atoms with E-state index < -0.39 is 0 Å². The number of aryl methyl sites for hydroxylation is 1. The van der Waals surface area contributed by atoms with Crippen molar-refractivity contribution in [2.45, 2.75) is 32.6 Å². The Bertz CT molecular complexity index is 837. The molecule has 0 N–H and O–H groups in total. The van der Waals surface area contributed by atoms with E-state index >= 15 is 0 Å². The van der Waals surface area contributed by atoms with Crippen LogP contribution in [0.5, 0.6) is 11.5 Å². The summed E-state index contributed by atoms with van der Waals surface area (Å²) in [5.41, 5.74) is 6.15. The molecule has 2 radical (unpaired) electrons. The molecule has 3 nitrogen and oxygen atoms in total. The van der Waals surface area contributed by atoms with Gasteiger partial charge < -0.3 is 14.4 Å². The molecule has 0 spiro atoms. The molecule has 1 aliphatic heterocycles. The van der Waals surface area contributed by atoms with E-state index in [1.165, 1.54) is 46.7 Å². The summed E-state index contributed by atoms with van der Waals surface area (Å²) in [5.74, 6) is 5.13. The Morgan fingerprint density at radius 3 is 2.46 bits per heavy atom. The topological polar surface area (TPSA) is 21.7 Å². The third kappa shape index (κ3) is 3.07. The molecule has 2 aromatic rings. The second-order valence-corrected chi connectivity index (χ2v) is 7.56. The van der Waals surface area contributed by atoms with Crippen molar-refractivity contribution in [3.63, 3.8) is 0 Å². The van der Waals surface area contributed by atoms with Crippen LogP contribution < -0.4 is 14.4 Å². The van der Waals surface area contributed by atoms with Crippen LogP contribution in [-0.4, -0.2) is 14.2 Å². The maximum Gasteiger partial charge on any atom is 0.169 e. The molecule has 26 heavy (non-hydrogen) atoms. The van der Waals surface area contributed by atoms with Crippen LogP contribution in [0, 0.1) is 12.8 Å². The predicted octanol–water partition coefficient (Wildman–Crippen LogP) is 6.01. The molecular formula is C22H23NO2S. The first-order chi connectivity index (χ1) is 12.7. The largest absolute Gasteiger partial charge is 0.497 e. The normalized spacial score (nSPS) is 16.7. The van der Waals surface area contributed by atoms with Crippen molar-refractivity contribution in [1.82, 2.24) is 0 Å². The first-order valence-corrected chi connectivity index (χ1v) is 9.80. The molecule has 0 unspecified atom stereocenters. The van der Waals surface area contributed by atoms with Gasteiger partial charge in [-0.05, 0) is 55.9 Å². The molecule has 2 aliphatic rings. The van der Waals surface area contributed by atoms with E-state index in [1.54, 1.807) is 26.0 Å². The Hall–Kier alpha value is -2.07. The fourth-order valence-electron chi connectivity index (χ4n) is 3.70. The third-order valence-electron chi connectivity index (χ3n) is 5.04. The summed E-state index contributed by atoms with van der Waals surface area (Å²) < 4.78 is 11.0. The van der Waals surface area contributed by atoms with E-state index in [2.05, 4.69) is 48.0 Å². The lowest BCUT2D eigenvalue weighted by Crippen LogP contribution is -2.18. The summed E-state index contributed by atoms with van der Waals surface area (Å²) in [6, 6.07) is 12.5. The minimum atomic E-state index is 0.799. The van der Waals surface area contributed by atoms with Gasteiger partial charge in [-0.3, -0.25) is 0 Å². The molecule has 0 aromatic heterocycles. The first-order valence-electron chi connectivity index (χ1n) is 8.99. The van der Waals surface area contributed by atoms with Crippen molar-refractivity contribution in [3.05, 3.63) is 58.4 Å². The SMILES string of the molecule is COc1cc(OC)cc(-c2cccc(C)c2N2[C]SC3=C2CCCC3)c1. The Morgan fingerprint density at radius 2 is 1.73 bits per heavy atom. The molecular weight excluding hydrogens is 342 g/mol. The minimum Gasteiger partial charge on any atom is -0.497 e. The number of nitrogens with zero attached hydrogens (tertiary/aromatic N) is 1. The first kappa shape index (κ1) is 17.3. The maximum absolute atomic E-state index is 5.48. The predicted molar refractivity (Wildman–Crippen MR) is 109 cm³/mol. The standard InChI is InChI=1S/C22H23NO2S/c1-15-7-6-8-19(16-11-17(24-2)13-18(12-16)25-3)22(15)23-14-26-21-10-5-4-9-20(21)23/h6-8,11-13H,4-5,9-10H2,1-3H3. The molecule has 0 atom stereocenters. The van der Waals surface area contributed by atoms with Crippen molar-refractivity contribution in [2.24, 2.45) is 0 Å². The van der Waals surface area contributed by atoms with Gasteiger partial charge in [0.2, 0.25) is 0 Å². The highest BCUT2D eigenvalue weighted by molar-refractivity contribution is 8.05. The lowest BCUT2D eigenvalue weighted by atomic mass is 9.97. The van der Waals surface area contributed by atoms with Crippen molar-refractivity contribution in [1.29, 1.82) is 0 Å². The quantitative estimate of drug-likeness (QED) is 0.661. The summed E-state index contributed by atoms with van der Waals surface area (Å²) in [7, 11) is 3.38. The number of methoxy groups -OCH3 is 2. The average molecular weight is 365 g/mol. The summed E-state index contributed by atoms with van der Waals surface area (Å²) in [6.45, 7) is 2.17. The summed E-state index contributed by atoms with van der Waals surface area (Å²) in [4.78, 5) is 3.77. The Kier molecular flexibility index (Phi) is 4.86. The lowest BCUT2D eigenvalue weighted by Gasteiger charge is -2.27. The lowest BCUT2D eigenvalue weighted by molar-refractivity contribution is 0.394. The van der Waals surface area contributed by atoms with Gasteiger partial charge in [-0.2, -0.15) is 0 Å². The number of para-hydroxylation sites is 1. The van der Waals surface area contributed by atoms with Crippen LogP contribution in [0.4, 0.5) is 5.69 Å². The van der Waals surface area contributed by atoms with Gasteiger partial charge in [-0.25, -0.2) is 0 Å². The molecule has 4 rings (SSSR count). The van der Waals surface area contributed by atoms with Crippen LogP contribution in [0.25, 0.3) is 11.1 Å². The number of rotatable bonds is 4. The van der Waals surface area contributed by atoms with Crippen molar-refractivity contribution in [3.8, 4) is 22.6 Å². The smallest absolute Gasteiger partial charge is 0.169 e. The molecule has 134 valence electrons. The van der Waals surface area contributed by atoms with Crippen molar-refractivity contribution < 1.29 is 9.47 Å². The van der Waals surface area contributed by atoms with Crippen molar-refractivity contribution >= 4 is 17.4 Å². The Balaban J connectivity index is 1.85. The summed E-state index contributed by atoms with van der Waals surface area (Å²) in [6.07, 6.45) is 4.85. The third-order valence-corrected chi connectivity index (χ3v) is 6.00. The second-order valence-electron chi connectivity index (χ2n) is 6.68. The zero-order valence-electron chi connectivity index (χ0n) is 15.5. The van der Waals surface area contributed by atoms with Gasteiger partial charge >= 0.3 is 0 Å². The molecule has 1 heterocycles. The zero-order valence-corrected chi connectivity index (χ0v) is 16.3. The van der Waals surface area contributed by atoms with E-state index in [1.807, 2.05) is 6.07 Å². The Labute approximate surface area is 160 Å². The van der Waals surface area contributed by atoms with Crippen LogP contribution in [-0.2, 0) is 0 Å². The fourth-order valence-corrected chi connectivity index (χ4v) is 4.66. The maximum atomic E-state index is 5.48. The Morgan fingerprint density at radius 1 is 1.00 bits per heavy atom. The minimum absolute atomic E-state index is 0.799. The van der Waals surface area contributed by atoms with E-state index in [9.17, 15) is 0 Å². The molecule has 0 fully saturated rings. The van der Waals surface area contributed by atoms with Crippen LogP contribution in [0.1, 0.15) is 31.2 Å². The van der Waals surface area contributed by atoms with E-state index in [0.29, 0.717) is 0 Å². The van der Waals surface area contributed by atoms with Gasteiger partial charge in [0.1, 0.15) is 11.5 Å². The van der Waals surface area contributed by atoms with Crippen LogP contribution in [0.3, 0.4) is 0 Å². The van der Waals surface area contributed by atoms with Gasteiger partial charge in [-0.15, -0.1) is 0 Å². The van der Waals surface area contributed by atoms with Crippen LogP contribution in [0.2, 0.25) is 0 Å². The highest BCUT2D eigenvalue weighted by atomic mass is 32.2. The van der Waals surface area contributed by atoms with E-state index in [-0.39, 0.29) is 0 Å². The zero-order chi connectivity index (χ0) is 18.1. The van der Waals surface area contributed by atoms with Gasteiger partial charge in [0.05, 0.1) is 19.9 Å². The number of benzene rings is 2. The summed E-state index contributed by atoms with van der Waals surface area (Å²) >= 11 is 1.76. The highest BCUT2D eigenvalue weighted by Gasteiger charge is 2.30. The van der Waals surface area contributed by atoms with E-state index in [0.717, 1.165) is 23.5 Å². The van der Waals surface area contributed by atoms with Gasteiger partial charge in [-0.1, -0.05) is 30.0 Å². The number of ether oxygens (including phenoxy) is 2. The van der Waals surface area contributed by atoms with Crippen LogP contribution >= 0.6 is 11.8 Å². The summed E-state index contributed by atoms with van der Waals surface area (Å²) in [5, 5.41) is 0. The van der Waals surface area contributed by atoms with Crippen molar-refractivity contribution in [2.75, 3.05) is 19.1 Å². The molecule has 0 bridgehead atoms. The van der Waals surface area contributed by atoms with Crippen LogP contribution in [0.15, 0.2) is 47.0 Å². The molecule has 0 saturated heterocycles.